The Hall–Kier alpha value is -1.47. The molecule has 0 amide bonds. The van der Waals surface area contributed by atoms with Crippen molar-refractivity contribution >= 4 is 11.8 Å². The second-order valence-electron chi connectivity index (χ2n) is 4.15. The van der Waals surface area contributed by atoms with Crippen molar-refractivity contribution in [2.24, 2.45) is 0 Å². The maximum Gasteiger partial charge on any atom is 0.214 e. The molecule has 0 unspecified atom stereocenters. The standard InChI is InChI=1S/C11H11FN4OS/c12-8-1-4-10(7(5-8)6-17)18-11-13-14-15-16(11)9-2-3-9/h1,4-5,9,17H,2-3,6H2. The van der Waals surface area contributed by atoms with Crippen molar-refractivity contribution in [3.05, 3.63) is 29.6 Å². The van der Waals surface area contributed by atoms with Gasteiger partial charge in [-0.25, -0.2) is 9.07 Å². The zero-order valence-electron chi connectivity index (χ0n) is 9.45. The van der Waals surface area contributed by atoms with Gasteiger partial charge in [-0.1, -0.05) is 0 Å². The molecule has 0 spiro atoms. The lowest BCUT2D eigenvalue weighted by Gasteiger charge is -2.06. The van der Waals surface area contributed by atoms with E-state index in [-0.39, 0.29) is 12.4 Å². The molecule has 1 aromatic carbocycles. The molecule has 5 nitrogen and oxygen atoms in total. The van der Waals surface area contributed by atoms with Gasteiger partial charge in [-0.2, -0.15) is 0 Å². The van der Waals surface area contributed by atoms with Crippen molar-refractivity contribution in [2.75, 3.05) is 0 Å². The van der Waals surface area contributed by atoms with E-state index in [1.807, 2.05) is 0 Å². The van der Waals surface area contributed by atoms with Gasteiger partial charge in [0.15, 0.2) is 0 Å². The minimum absolute atomic E-state index is 0.203. The highest BCUT2D eigenvalue weighted by molar-refractivity contribution is 7.99. The topological polar surface area (TPSA) is 63.8 Å². The van der Waals surface area contributed by atoms with E-state index in [1.165, 1.54) is 23.9 Å². The second-order valence-corrected chi connectivity index (χ2v) is 5.16. The fourth-order valence-electron chi connectivity index (χ4n) is 1.67. The number of aliphatic hydroxyl groups excluding tert-OH is 1. The molecule has 3 rings (SSSR count). The van der Waals surface area contributed by atoms with Crippen LogP contribution in [-0.2, 0) is 6.61 Å². The normalized spacial score (nSPS) is 15.0. The largest absolute Gasteiger partial charge is 0.392 e. The smallest absolute Gasteiger partial charge is 0.214 e. The van der Waals surface area contributed by atoms with Gasteiger partial charge in [-0.15, -0.1) is 5.10 Å². The summed E-state index contributed by atoms with van der Waals surface area (Å²) < 4.78 is 14.9. The van der Waals surface area contributed by atoms with Gasteiger partial charge in [0.05, 0.1) is 12.6 Å². The number of halogens is 1. The average molecular weight is 266 g/mol. The molecule has 2 aromatic rings. The summed E-state index contributed by atoms with van der Waals surface area (Å²) in [6.45, 7) is -0.203. The van der Waals surface area contributed by atoms with Gasteiger partial charge in [0.1, 0.15) is 5.82 Å². The predicted molar refractivity (Wildman–Crippen MR) is 62.5 cm³/mol. The van der Waals surface area contributed by atoms with Crippen LogP contribution >= 0.6 is 11.8 Å². The van der Waals surface area contributed by atoms with Crippen molar-refractivity contribution in [1.29, 1.82) is 0 Å². The first-order chi connectivity index (χ1) is 8.78. The third-order valence-electron chi connectivity index (χ3n) is 2.75. The summed E-state index contributed by atoms with van der Waals surface area (Å²) in [4.78, 5) is 0.774. The lowest BCUT2D eigenvalue weighted by molar-refractivity contribution is 0.278. The van der Waals surface area contributed by atoms with E-state index in [4.69, 9.17) is 0 Å². The molecule has 1 aliphatic carbocycles. The number of benzene rings is 1. The Kier molecular flexibility index (Phi) is 3.00. The lowest BCUT2D eigenvalue weighted by Crippen LogP contribution is -1.99. The van der Waals surface area contributed by atoms with Gasteiger partial charge in [-0.3, -0.25) is 0 Å². The summed E-state index contributed by atoms with van der Waals surface area (Å²) in [5.41, 5.74) is 0.547. The Bertz CT molecular complexity index is 570. The lowest BCUT2D eigenvalue weighted by atomic mass is 10.2. The highest BCUT2D eigenvalue weighted by atomic mass is 32.2. The Balaban J connectivity index is 1.89. The molecule has 18 heavy (non-hydrogen) atoms. The second kappa shape index (κ2) is 4.66. The molecule has 0 atom stereocenters. The number of aliphatic hydroxyl groups is 1. The average Bonchev–Trinajstić information content (AvgIpc) is 3.12. The number of hydrogen-bond donors (Lipinski definition) is 1. The van der Waals surface area contributed by atoms with Crippen LogP contribution in [0.2, 0.25) is 0 Å². The number of nitrogens with zero attached hydrogens (tertiary/aromatic N) is 4. The van der Waals surface area contributed by atoms with Crippen LogP contribution in [0.4, 0.5) is 4.39 Å². The monoisotopic (exact) mass is 266 g/mol. The van der Waals surface area contributed by atoms with Crippen molar-refractivity contribution in [2.45, 2.75) is 35.5 Å². The third-order valence-corrected chi connectivity index (χ3v) is 3.82. The maximum atomic E-state index is 13.1. The molecule has 1 aliphatic rings. The summed E-state index contributed by atoms with van der Waals surface area (Å²) in [6, 6.07) is 4.72. The molecule has 94 valence electrons. The molecular formula is C11H11FN4OS. The fourth-order valence-corrected chi connectivity index (χ4v) is 2.61. The van der Waals surface area contributed by atoms with Crippen molar-refractivity contribution in [1.82, 2.24) is 20.2 Å². The summed E-state index contributed by atoms with van der Waals surface area (Å²) in [7, 11) is 0. The molecule has 0 bridgehead atoms. The Labute approximate surface area is 107 Å². The molecule has 1 N–H and O–H groups in total. The van der Waals surface area contributed by atoms with E-state index in [0.717, 1.165) is 17.7 Å². The highest BCUT2D eigenvalue weighted by Crippen LogP contribution is 2.38. The molecule has 1 fully saturated rings. The molecule has 1 heterocycles. The number of rotatable bonds is 4. The Morgan fingerprint density at radius 3 is 3.00 bits per heavy atom. The van der Waals surface area contributed by atoms with E-state index in [9.17, 15) is 9.50 Å². The van der Waals surface area contributed by atoms with Crippen LogP contribution in [0.25, 0.3) is 0 Å². The number of aromatic nitrogens is 4. The summed E-state index contributed by atoms with van der Waals surface area (Å²) in [5.74, 6) is -0.356. The minimum Gasteiger partial charge on any atom is -0.392 e. The zero-order chi connectivity index (χ0) is 12.5. The van der Waals surface area contributed by atoms with Gasteiger partial charge in [0.25, 0.3) is 0 Å². The van der Waals surface area contributed by atoms with Crippen molar-refractivity contribution in [3.63, 3.8) is 0 Å². The molecule has 1 aromatic heterocycles. The molecule has 0 saturated heterocycles. The summed E-state index contributed by atoms with van der Waals surface area (Å²) in [5, 5.41) is 21.5. The quantitative estimate of drug-likeness (QED) is 0.914. The fraction of sp³-hybridized carbons (Fsp3) is 0.364. The van der Waals surface area contributed by atoms with E-state index >= 15 is 0 Å². The SMILES string of the molecule is OCc1cc(F)ccc1Sc1nnnn1C1CC1. The summed E-state index contributed by atoms with van der Waals surface area (Å²) >= 11 is 1.35. The van der Waals surface area contributed by atoms with E-state index < -0.39 is 0 Å². The van der Waals surface area contributed by atoms with Crippen LogP contribution in [-0.4, -0.2) is 25.3 Å². The van der Waals surface area contributed by atoms with Crippen LogP contribution in [0.15, 0.2) is 28.3 Å². The zero-order valence-corrected chi connectivity index (χ0v) is 10.3. The van der Waals surface area contributed by atoms with Gasteiger partial charge < -0.3 is 5.11 Å². The Morgan fingerprint density at radius 1 is 1.44 bits per heavy atom. The molecule has 0 radical (unpaired) electrons. The minimum atomic E-state index is -0.356. The maximum absolute atomic E-state index is 13.1. The first kappa shape index (κ1) is 11.6. The number of tetrazole rings is 1. The third kappa shape index (κ3) is 2.23. The van der Waals surface area contributed by atoms with Crippen LogP contribution < -0.4 is 0 Å². The summed E-state index contributed by atoms with van der Waals surface area (Å²) in [6.07, 6.45) is 2.18. The van der Waals surface area contributed by atoms with Gasteiger partial charge >= 0.3 is 0 Å². The van der Waals surface area contributed by atoms with Crippen LogP contribution in [0, 0.1) is 5.82 Å². The van der Waals surface area contributed by atoms with Crippen LogP contribution in [0.1, 0.15) is 24.4 Å². The van der Waals surface area contributed by atoms with Crippen LogP contribution in [0.3, 0.4) is 0 Å². The van der Waals surface area contributed by atoms with Gasteiger partial charge in [-0.05, 0) is 58.8 Å². The first-order valence-electron chi connectivity index (χ1n) is 5.63. The van der Waals surface area contributed by atoms with Crippen LogP contribution in [0.5, 0.6) is 0 Å². The van der Waals surface area contributed by atoms with E-state index in [2.05, 4.69) is 15.5 Å². The number of hydrogen-bond acceptors (Lipinski definition) is 5. The van der Waals surface area contributed by atoms with E-state index in [1.54, 1.807) is 10.7 Å². The van der Waals surface area contributed by atoms with Crippen molar-refractivity contribution < 1.29 is 9.50 Å². The molecule has 1 saturated carbocycles. The van der Waals surface area contributed by atoms with Gasteiger partial charge in [0.2, 0.25) is 5.16 Å². The molecular weight excluding hydrogens is 255 g/mol. The first-order valence-corrected chi connectivity index (χ1v) is 6.44. The predicted octanol–water partition coefficient (Wildman–Crippen LogP) is 1.79. The molecule has 7 heteroatoms. The molecule has 0 aliphatic heterocycles. The van der Waals surface area contributed by atoms with Gasteiger partial charge in [0, 0.05) is 4.90 Å². The Morgan fingerprint density at radius 2 is 2.28 bits per heavy atom. The highest BCUT2D eigenvalue weighted by Gasteiger charge is 2.28. The van der Waals surface area contributed by atoms with E-state index in [0.29, 0.717) is 16.8 Å². The van der Waals surface area contributed by atoms with Crippen molar-refractivity contribution in [3.8, 4) is 0 Å².